The van der Waals surface area contributed by atoms with Crippen LogP contribution in [0.4, 0.5) is 8.78 Å². The lowest BCUT2D eigenvalue weighted by Crippen LogP contribution is -2.44. The summed E-state index contributed by atoms with van der Waals surface area (Å²) in [4.78, 5) is 11.7. The molecule has 1 rings (SSSR count). The Kier molecular flexibility index (Phi) is 6.38. The van der Waals surface area contributed by atoms with E-state index in [0.717, 1.165) is 0 Å². The molecule has 0 aliphatic heterocycles. The number of alkyl halides is 2. The highest BCUT2D eigenvalue weighted by Gasteiger charge is 2.14. The Morgan fingerprint density at radius 3 is 2.50 bits per heavy atom. The maximum atomic E-state index is 12.3. The third-order valence-corrected chi connectivity index (χ3v) is 2.61. The van der Waals surface area contributed by atoms with Gasteiger partial charge in [-0.15, -0.1) is 0 Å². The smallest absolute Gasteiger partial charge is 0.387 e. The minimum Gasteiger partial charge on any atom is -0.434 e. The fourth-order valence-corrected chi connectivity index (χ4v) is 1.63. The number of benzene rings is 1. The number of amides is 1. The van der Waals surface area contributed by atoms with Crippen LogP contribution in [0.3, 0.4) is 0 Å². The summed E-state index contributed by atoms with van der Waals surface area (Å²) in [6, 6.07) is 6.14. The Bertz CT molecular complexity index is 439. The molecule has 0 aliphatic rings. The topological polar surface area (TPSA) is 50.4 Å². The molecule has 0 aromatic heterocycles. The normalized spacial score (nSPS) is 12.6. The third kappa shape index (κ3) is 5.52. The van der Waals surface area contributed by atoms with E-state index in [-0.39, 0.29) is 24.2 Å². The molecule has 0 aliphatic carbocycles. The largest absolute Gasteiger partial charge is 0.434 e. The SMILES string of the molecule is CC(C)NC(=O)C(C)NCc1ccccc1OC(F)F. The van der Waals surface area contributed by atoms with Gasteiger partial charge in [0.05, 0.1) is 6.04 Å². The summed E-state index contributed by atoms with van der Waals surface area (Å²) >= 11 is 0. The first-order valence-electron chi connectivity index (χ1n) is 6.46. The van der Waals surface area contributed by atoms with Crippen molar-refractivity contribution in [3.8, 4) is 5.75 Å². The Labute approximate surface area is 117 Å². The number of nitrogens with one attached hydrogen (secondary N) is 2. The van der Waals surface area contributed by atoms with Crippen molar-refractivity contribution >= 4 is 5.91 Å². The lowest BCUT2D eigenvalue weighted by molar-refractivity contribution is -0.123. The van der Waals surface area contributed by atoms with Crippen molar-refractivity contribution < 1.29 is 18.3 Å². The van der Waals surface area contributed by atoms with E-state index in [9.17, 15) is 13.6 Å². The van der Waals surface area contributed by atoms with Crippen LogP contribution in [-0.2, 0) is 11.3 Å². The van der Waals surface area contributed by atoms with Crippen molar-refractivity contribution in [2.24, 2.45) is 0 Å². The average molecular weight is 286 g/mol. The molecule has 0 saturated carbocycles. The summed E-state index contributed by atoms with van der Waals surface area (Å²) in [7, 11) is 0. The summed E-state index contributed by atoms with van der Waals surface area (Å²) in [5.41, 5.74) is 0.581. The minimum absolute atomic E-state index is 0.0567. The number of carbonyl (C=O) groups is 1. The van der Waals surface area contributed by atoms with Crippen LogP contribution in [0.2, 0.25) is 0 Å². The molecule has 0 fully saturated rings. The van der Waals surface area contributed by atoms with Gasteiger partial charge < -0.3 is 15.4 Å². The van der Waals surface area contributed by atoms with Gasteiger partial charge in [-0.3, -0.25) is 4.79 Å². The zero-order valence-corrected chi connectivity index (χ0v) is 11.8. The lowest BCUT2D eigenvalue weighted by Gasteiger charge is -2.17. The third-order valence-electron chi connectivity index (χ3n) is 2.61. The molecule has 1 amide bonds. The van der Waals surface area contributed by atoms with E-state index in [1.807, 2.05) is 13.8 Å². The van der Waals surface area contributed by atoms with E-state index >= 15 is 0 Å². The number of ether oxygens (including phenoxy) is 1. The monoisotopic (exact) mass is 286 g/mol. The standard InChI is InChI=1S/C14H20F2N2O2/c1-9(2)18-13(19)10(3)17-8-11-6-4-5-7-12(11)20-14(15)16/h4-7,9-10,14,17H,8H2,1-3H3,(H,18,19). The summed E-state index contributed by atoms with van der Waals surface area (Å²) < 4.78 is 29.0. The molecule has 1 aromatic carbocycles. The molecule has 1 atom stereocenters. The molecule has 20 heavy (non-hydrogen) atoms. The van der Waals surface area contributed by atoms with Crippen LogP contribution >= 0.6 is 0 Å². The van der Waals surface area contributed by atoms with Crippen molar-refractivity contribution in [1.29, 1.82) is 0 Å². The summed E-state index contributed by atoms with van der Waals surface area (Å²) in [6.45, 7) is 2.87. The molecular weight excluding hydrogens is 266 g/mol. The second kappa shape index (κ2) is 7.79. The number of hydrogen-bond acceptors (Lipinski definition) is 3. The van der Waals surface area contributed by atoms with Gasteiger partial charge in [-0.25, -0.2) is 0 Å². The zero-order valence-electron chi connectivity index (χ0n) is 11.8. The Hall–Kier alpha value is -1.69. The van der Waals surface area contributed by atoms with Gasteiger partial charge in [0, 0.05) is 18.2 Å². The predicted molar refractivity (Wildman–Crippen MR) is 72.7 cm³/mol. The number of hydrogen-bond donors (Lipinski definition) is 2. The zero-order chi connectivity index (χ0) is 15.1. The molecule has 0 saturated heterocycles. The molecule has 2 N–H and O–H groups in total. The number of carbonyl (C=O) groups excluding carboxylic acids is 1. The average Bonchev–Trinajstić information content (AvgIpc) is 2.35. The summed E-state index contributed by atoms with van der Waals surface area (Å²) in [5.74, 6) is -0.0151. The van der Waals surface area contributed by atoms with Gasteiger partial charge >= 0.3 is 6.61 Å². The van der Waals surface area contributed by atoms with Crippen LogP contribution in [0.15, 0.2) is 24.3 Å². The molecule has 0 bridgehead atoms. The van der Waals surface area contributed by atoms with Crippen LogP contribution in [-0.4, -0.2) is 24.6 Å². The van der Waals surface area contributed by atoms with Crippen LogP contribution in [0.1, 0.15) is 26.3 Å². The molecule has 0 radical (unpaired) electrons. The van der Waals surface area contributed by atoms with E-state index in [1.165, 1.54) is 6.07 Å². The molecule has 1 aromatic rings. The van der Waals surface area contributed by atoms with Crippen molar-refractivity contribution in [3.63, 3.8) is 0 Å². The van der Waals surface area contributed by atoms with Gasteiger partial charge in [0.15, 0.2) is 0 Å². The fraction of sp³-hybridized carbons (Fsp3) is 0.500. The van der Waals surface area contributed by atoms with Gasteiger partial charge in [0.1, 0.15) is 5.75 Å². The molecule has 112 valence electrons. The molecular formula is C14H20F2N2O2. The molecule has 1 unspecified atom stereocenters. The van der Waals surface area contributed by atoms with Gasteiger partial charge in [-0.1, -0.05) is 18.2 Å². The first kappa shape index (κ1) is 16.4. The Morgan fingerprint density at radius 2 is 1.90 bits per heavy atom. The van der Waals surface area contributed by atoms with E-state index in [2.05, 4.69) is 15.4 Å². The Morgan fingerprint density at radius 1 is 1.25 bits per heavy atom. The molecule has 4 nitrogen and oxygen atoms in total. The van der Waals surface area contributed by atoms with Crippen molar-refractivity contribution in [3.05, 3.63) is 29.8 Å². The second-order valence-corrected chi connectivity index (χ2v) is 4.75. The van der Waals surface area contributed by atoms with Gasteiger partial charge in [0.2, 0.25) is 5.91 Å². The maximum Gasteiger partial charge on any atom is 0.387 e. The first-order valence-corrected chi connectivity index (χ1v) is 6.46. The van der Waals surface area contributed by atoms with Crippen LogP contribution in [0, 0.1) is 0 Å². The second-order valence-electron chi connectivity index (χ2n) is 4.75. The van der Waals surface area contributed by atoms with E-state index in [1.54, 1.807) is 25.1 Å². The van der Waals surface area contributed by atoms with Crippen molar-refractivity contribution in [2.45, 2.75) is 46.0 Å². The predicted octanol–water partition coefficient (Wildman–Crippen LogP) is 2.29. The van der Waals surface area contributed by atoms with E-state index in [4.69, 9.17) is 0 Å². The summed E-state index contributed by atoms with van der Waals surface area (Å²) in [5, 5.41) is 5.75. The highest BCUT2D eigenvalue weighted by molar-refractivity contribution is 5.81. The molecule has 0 spiro atoms. The molecule has 0 heterocycles. The summed E-state index contributed by atoms with van der Waals surface area (Å²) in [6.07, 6.45) is 0. The van der Waals surface area contributed by atoms with Gasteiger partial charge in [0.25, 0.3) is 0 Å². The number of halogens is 2. The Balaban J connectivity index is 2.59. The molecule has 6 heteroatoms. The van der Waals surface area contributed by atoms with Crippen LogP contribution < -0.4 is 15.4 Å². The lowest BCUT2D eigenvalue weighted by atomic mass is 10.2. The first-order chi connectivity index (χ1) is 9.40. The number of rotatable bonds is 7. The van der Waals surface area contributed by atoms with Crippen LogP contribution in [0.25, 0.3) is 0 Å². The van der Waals surface area contributed by atoms with E-state index < -0.39 is 12.7 Å². The quantitative estimate of drug-likeness (QED) is 0.808. The number of para-hydroxylation sites is 1. The maximum absolute atomic E-state index is 12.3. The van der Waals surface area contributed by atoms with Gasteiger partial charge in [-0.05, 0) is 26.8 Å². The highest BCUT2D eigenvalue weighted by atomic mass is 19.3. The van der Waals surface area contributed by atoms with Crippen LogP contribution in [0.5, 0.6) is 5.75 Å². The minimum atomic E-state index is -2.86. The fourth-order valence-electron chi connectivity index (χ4n) is 1.63. The van der Waals surface area contributed by atoms with Gasteiger partial charge in [-0.2, -0.15) is 8.78 Å². The van der Waals surface area contributed by atoms with Crippen molar-refractivity contribution in [2.75, 3.05) is 0 Å². The van der Waals surface area contributed by atoms with Crippen molar-refractivity contribution in [1.82, 2.24) is 10.6 Å². The van der Waals surface area contributed by atoms with E-state index in [0.29, 0.717) is 5.56 Å². The highest BCUT2D eigenvalue weighted by Crippen LogP contribution is 2.20.